The lowest BCUT2D eigenvalue weighted by molar-refractivity contribution is 0.0720. The highest BCUT2D eigenvalue weighted by molar-refractivity contribution is 7.89. The maximum absolute atomic E-state index is 13.0. The van der Waals surface area contributed by atoms with Crippen molar-refractivity contribution < 1.29 is 27.4 Å². The Morgan fingerprint density at radius 1 is 1.13 bits per heavy atom. The van der Waals surface area contributed by atoms with E-state index in [-0.39, 0.29) is 29.5 Å². The Morgan fingerprint density at radius 3 is 2.61 bits per heavy atom. The molecule has 0 saturated carbocycles. The lowest BCUT2D eigenvalue weighted by atomic mass is 10.1. The van der Waals surface area contributed by atoms with Gasteiger partial charge in [-0.25, -0.2) is 13.1 Å². The highest BCUT2D eigenvalue weighted by Crippen LogP contribution is 2.31. The van der Waals surface area contributed by atoms with E-state index in [1.807, 2.05) is 12.1 Å². The molecule has 0 radical (unpaired) electrons. The molecule has 1 fully saturated rings. The number of nitrogens with zero attached hydrogens (tertiary/aromatic N) is 1. The number of rotatable bonds is 6. The first-order valence-electron chi connectivity index (χ1n) is 10.3. The van der Waals surface area contributed by atoms with E-state index in [1.165, 1.54) is 25.3 Å². The number of fused-ring (bicyclic) bond motifs is 1. The molecule has 2 aromatic rings. The lowest BCUT2D eigenvalue weighted by Crippen LogP contribution is -2.40. The van der Waals surface area contributed by atoms with Crippen LogP contribution in [0.2, 0.25) is 0 Å². The van der Waals surface area contributed by atoms with Gasteiger partial charge in [0.15, 0.2) is 11.5 Å². The molecule has 1 amide bonds. The Balaban J connectivity index is 1.48. The minimum atomic E-state index is -3.86. The van der Waals surface area contributed by atoms with Crippen LogP contribution in [-0.4, -0.2) is 58.7 Å². The second-order valence-electron chi connectivity index (χ2n) is 7.56. The molecule has 1 atom stereocenters. The summed E-state index contributed by atoms with van der Waals surface area (Å²) in [5, 5.41) is 0. The third-order valence-corrected chi connectivity index (χ3v) is 6.84. The van der Waals surface area contributed by atoms with E-state index in [4.69, 9.17) is 14.2 Å². The second-order valence-corrected chi connectivity index (χ2v) is 9.33. The van der Waals surface area contributed by atoms with Crippen molar-refractivity contribution in [1.82, 2.24) is 9.62 Å². The third kappa shape index (κ3) is 4.77. The van der Waals surface area contributed by atoms with Crippen LogP contribution >= 0.6 is 0 Å². The molecule has 0 aliphatic carbocycles. The minimum absolute atomic E-state index is 0.00536. The third-order valence-electron chi connectivity index (χ3n) is 5.42. The molecular formula is C22H26N2O6S. The molecule has 9 heteroatoms. The van der Waals surface area contributed by atoms with E-state index >= 15 is 0 Å². The van der Waals surface area contributed by atoms with Gasteiger partial charge in [-0.15, -0.1) is 0 Å². The summed E-state index contributed by atoms with van der Waals surface area (Å²) in [7, 11) is -2.40. The summed E-state index contributed by atoms with van der Waals surface area (Å²) in [6.07, 6.45) is 2.52. The number of carbonyl (C=O) groups is 1. The molecule has 1 N–H and O–H groups in total. The van der Waals surface area contributed by atoms with Gasteiger partial charge in [-0.2, -0.15) is 0 Å². The number of piperidine rings is 1. The molecule has 31 heavy (non-hydrogen) atoms. The largest absolute Gasteiger partial charge is 0.496 e. The van der Waals surface area contributed by atoms with Crippen LogP contribution in [0.25, 0.3) is 0 Å². The van der Waals surface area contributed by atoms with Crippen LogP contribution < -0.4 is 18.9 Å². The molecule has 0 spiro atoms. The number of hydrogen-bond acceptors (Lipinski definition) is 6. The van der Waals surface area contributed by atoms with Crippen LogP contribution in [0.4, 0.5) is 0 Å². The average molecular weight is 447 g/mol. The van der Waals surface area contributed by atoms with Gasteiger partial charge in [-0.3, -0.25) is 4.79 Å². The quantitative estimate of drug-likeness (QED) is 0.733. The Labute approximate surface area is 182 Å². The van der Waals surface area contributed by atoms with Gasteiger partial charge in [0.25, 0.3) is 5.91 Å². The van der Waals surface area contributed by atoms with E-state index in [2.05, 4.69) is 4.72 Å². The maximum Gasteiger partial charge on any atom is 0.257 e. The second kappa shape index (κ2) is 9.15. The summed E-state index contributed by atoms with van der Waals surface area (Å²) in [4.78, 5) is 14.7. The highest BCUT2D eigenvalue weighted by Gasteiger charge is 2.26. The van der Waals surface area contributed by atoms with Crippen LogP contribution in [0, 0.1) is 0 Å². The first-order chi connectivity index (χ1) is 15.0. The number of carbonyl (C=O) groups excluding carboxylic acids is 1. The van der Waals surface area contributed by atoms with Gasteiger partial charge in [0.2, 0.25) is 10.0 Å². The molecule has 8 nitrogen and oxygen atoms in total. The number of para-hydroxylation sites is 2. The van der Waals surface area contributed by atoms with E-state index in [9.17, 15) is 13.2 Å². The summed E-state index contributed by atoms with van der Waals surface area (Å²) in [6, 6.07) is 11.6. The molecule has 0 bridgehead atoms. The summed E-state index contributed by atoms with van der Waals surface area (Å²) >= 11 is 0. The number of ether oxygens (including phenoxy) is 3. The van der Waals surface area contributed by atoms with Gasteiger partial charge >= 0.3 is 0 Å². The standard InChI is InChI=1S/C22H26N2O6S/c1-28-19-10-9-17(13-18(19)22(25)24-11-5-2-6-12-24)31(26,27)23-14-16-15-29-20-7-3-4-8-21(20)30-16/h3-4,7-10,13,16,23H,2,5-6,11-12,14-15H2,1H3/t16-/m1/s1. The average Bonchev–Trinajstić information content (AvgIpc) is 2.82. The summed E-state index contributed by atoms with van der Waals surface area (Å²) in [5.41, 5.74) is 0.249. The molecule has 166 valence electrons. The molecule has 0 aromatic heterocycles. The van der Waals surface area contributed by atoms with Crippen molar-refractivity contribution in [3.05, 3.63) is 48.0 Å². The topological polar surface area (TPSA) is 94.2 Å². The van der Waals surface area contributed by atoms with Gasteiger partial charge in [0.1, 0.15) is 18.5 Å². The maximum atomic E-state index is 13.0. The van der Waals surface area contributed by atoms with Crippen molar-refractivity contribution in [3.63, 3.8) is 0 Å². The Morgan fingerprint density at radius 2 is 1.87 bits per heavy atom. The Kier molecular flexibility index (Phi) is 6.33. The zero-order valence-corrected chi connectivity index (χ0v) is 18.2. The SMILES string of the molecule is COc1ccc(S(=O)(=O)NC[C@@H]2COc3ccccc3O2)cc1C(=O)N1CCCCC1. The number of amides is 1. The predicted molar refractivity (Wildman–Crippen MR) is 114 cm³/mol. The zero-order valence-electron chi connectivity index (χ0n) is 17.4. The number of benzene rings is 2. The Bertz CT molecular complexity index is 1050. The first-order valence-corrected chi connectivity index (χ1v) is 11.8. The Hall–Kier alpha value is -2.78. The van der Waals surface area contributed by atoms with Crippen molar-refractivity contribution in [2.75, 3.05) is 33.4 Å². The van der Waals surface area contributed by atoms with Crippen LogP contribution in [0.5, 0.6) is 17.2 Å². The van der Waals surface area contributed by atoms with Crippen molar-refractivity contribution in [1.29, 1.82) is 0 Å². The number of methoxy groups -OCH3 is 1. The smallest absolute Gasteiger partial charge is 0.257 e. The first kappa shape index (κ1) is 21.5. The van der Waals surface area contributed by atoms with E-state index in [0.717, 1.165) is 19.3 Å². The van der Waals surface area contributed by atoms with Crippen LogP contribution in [0.3, 0.4) is 0 Å². The zero-order chi connectivity index (χ0) is 21.8. The van der Waals surface area contributed by atoms with Crippen molar-refractivity contribution in [2.24, 2.45) is 0 Å². The molecular weight excluding hydrogens is 420 g/mol. The number of sulfonamides is 1. The predicted octanol–water partition coefficient (Wildman–Crippen LogP) is 2.44. The molecule has 0 unspecified atom stereocenters. The summed E-state index contributed by atoms with van der Waals surface area (Å²) in [5.74, 6) is 1.36. The number of nitrogens with one attached hydrogen (secondary N) is 1. The molecule has 1 saturated heterocycles. The lowest BCUT2D eigenvalue weighted by Gasteiger charge is -2.27. The number of likely N-dealkylation sites (tertiary alicyclic amines) is 1. The minimum Gasteiger partial charge on any atom is -0.496 e. The van der Waals surface area contributed by atoms with Gasteiger partial charge in [-0.05, 0) is 49.6 Å². The van der Waals surface area contributed by atoms with E-state index < -0.39 is 16.1 Å². The number of hydrogen-bond donors (Lipinski definition) is 1. The van der Waals surface area contributed by atoms with E-state index in [0.29, 0.717) is 30.3 Å². The normalized spacial score (nSPS) is 18.5. The van der Waals surface area contributed by atoms with Crippen molar-refractivity contribution >= 4 is 15.9 Å². The monoisotopic (exact) mass is 446 g/mol. The van der Waals surface area contributed by atoms with Gasteiger partial charge in [-0.1, -0.05) is 12.1 Å². The highest BCUT2D eigenvalue weighted by atomic mass is 32.2. The fourth-order valence-electron chi connectivity index (χ4n) is 3.74. The molecule has 2 aliphatic heterocycles. The van der Waals surface area contributed by atoms with E-state index in [1.54, 1.807) is 17.0 Å². The van der Waals surface area contributed by atoms with Crippen LogP contribution in [-0.2, 0) is 10.0 Å². The molecule has 2 heterocycles. The summed E-state index contributed by atoms with van der Waals surface area (Å²) in [6.45, 7) is 1.61. The van der Waals surface area contributed by atoms with Gasteiger partial charge in [0.05, 0.1) is 24.1 Å². The van der Waals surface area contributed by atoms with Gasteiger partial charge in [0, 0.05) is 13.1 Å². The fourth-order valence-corrected chi connectivity index (χ4v) is 4.83. The van der Waals surface area contributed by atoms with Crippen molar-refractivity contribution in [3.8, 4) is 17.2 Å². The molecule has 4 rings (SSSR count). The van der Waals surface area contributed by atoms with Crippen LogP contribution in [0.1, 0.15) is 29.6 Å². The fraction of sp³-hybridized carbons (Fsp3) is 0.409. The molecule has 2 aromatic carbocycles. The van der Waals surface area contributed by atoms with Crippen LogP contribution in [0.15, 0.2) is 47.4 Å². The van der Waals surface area contributed by atoms with Crippen molar-refractivity contribution in [2.45, 2.75) is 30.3 Å². The summed E-state index contributed by atoms with van der Waals surface area (Å²) < 4.78 is 45.1. The van der Waals surface area contributed by atoms with Gasteiger partial charge < -0.3 is 19.1 Å². The molecule has 2 aliphatic rings.